The van der Waals surface area contributed by atoms with Crippen LogP contribution in [0.25, 0.3) is 5.57 Å². The van der Waals surface area contributed by atoms with Crippen molar-refractivity contribution in [2.75, 3.05) is 0 Å². The van der Waals surface area contributed by atoms with E-state index in [2.05, 4.69) is 0 Å². The molecule has 0 atom stereocenters. The Morgan fingerprint density at radius 2 is 1.81 bits per heavy atom. The summed E-state index contributed by atoms with van der Waals surface area (Å²) in [5.74, 6) is -1.87. The number of hydrogen-bond acceptors (Lipinski definition) is 0. The molecule has 21 heavy (non-hydrogen) atoms. The van der Waals surface area contributed by atoms with E-state index in [9.17, 15) is 13.2 Å². The maximum Gasteiger partial charge on any atom is 0.162 e. The molecular weight excluding hydrogens is 273 g/mol. The number of benzene rings is 2. The van der Waals surface area contributed by atoms with Crippen molar-refractivity contribution in [3.05, 3.63) is 76.1 Å². The molecule has 1 aliphatic carbocycles. The van der Waals surface area contributed by atoms with E-state index in [0.717, 1.165) is 29.2 Å². The molecule has 0 heterocycles. The van der Waals surface area contributed by atoms with Crippen molar-refractivity contribution in [1.29, 1.82) is 0 Å². The van der Waals surface area contributed by atoms with Gasteiger partial charge in [0.1, 0.15) is 5.82 Å². The fourth-order valence-corrected chi connectivity index (χ4v) is 2.77. The zero-order valence-corrected chi connectivity index (χ0v) is 11.7. The quantitative estimate of drug-likeness (QED) is 0.741. The summed E-state index contributed by atoms with van der Waals surface area (Å²) < 4.78 is 41.1. The van der Waals surface area contributed by atoms with E-state index in [1.807, 2.05) is 13.0 Å². The zero-order valence-electron chi connectivity index (χ0n) is 11.7. The molecule has 2 aromatic carbocycles. The summed E-state index contributed by atoms with van der Waals surface area (Å²) in [4.78, 5) is 0. The van der Waals surface area contributed by atoms with Gasteiger partial charge in [-0.05, 0) is 53.7 Å². The Morgan fingerprint density at radius 3 is 2.52 bits per heavy atom. The Kier molecular flexibility index (Phi) is 3.58. The molecule has 0 aromatic heterocycles. The maximum absolute atomic E-state index is 14.2. The molecule has 0 spiro atoms. The van der Waals surface area contributed by atoms with E-state index < -0.39 is 11.6 Å². The topological polar surface area (TPSA) is 0 Å². The Bertz CT molecular complexity index is 729. The second kappa shape index (κ2) is 5.40. The van der Waals surface area contributed by atoms with Crippen LogP contribution in [-0.2, 0) is 19.3 Å². The summed E-state index contributed by atoms with van der Waals surface area (Å²) in [7, 11) is 0. The molecule has 0 radical (unpaired) electrons. The minimum absolute atomic E-state index is 0.258. The van der Waals surface area contributed by atoms with Crippen molar-refractivity contribution in [2.24, 2.45) is 0 Å². The number of halogens is 3. The highest BCUT2D eigenvalue weighted by molar-refractivity contribution is 5.71. The Labute approximate surface area is 121 Å². The molecule has 1 aliphatic rings. The lowest BCUT2D eigenvalue weighted by molar-refractivity contribution is 0.499. The van der Waals surface area contributed by atoms with Crippen LogP contribution < -0.4 is 0 Å². The molecule has 0 bridgehead atoms. The molecule has 0 unspecified atom stereocenters. The number of hydrogen-bond donors (Lipinski definition) is 0. The number of aryl methyl sites for hydroxylation is 1. The van der Waals surface area contributed by atoms with Gasteiger partial charge in [-0.1, -0.05) is 31.2 Å². The van der Waals surface area contributed by atoms with Crippen LogP contribution in [-0.4, -0.2) is 0 Å². The summed E-state index contributed by atoms with van der Waals surface area (Å²) >= 11 is 0. The van der Waals surface area contributed by atoms with E-state index in [0.29, 0.717) is 24.0 Å². The Hall–Kier alpha value is -2.03. The molecule has 0 fully saturated rings. The second-order valence-corrected chi connectivity index (χ2v) is 5.28. The summed E-state index contributed by atoms with van der Waals surface area (Å²) in [5.41, 5.74) is 3.42. The van der Waals surface area contributed by atoms with Gasteiger partial charge in [0.05, 0.1) is 0 Å². The summed E-state index contributed by atoms with van der Waals surface area (Å²) in [6, 6.07) is 7.93. The molecule has 0 amide bonds. The molecule has 3 heteroatoms. The van der Waals surface area contributed by atoms with Crippen LogP contribution in [0.1, 0.15) is 29.2 Å². The number of rotatable bonds is 2. The van der Waals surface area contributed by atoms with Gasteiger partial charge in [-0.25, -0.2) is 13.2 Å². The second-order valence-electron chi connectivity index (χ2n) is 5.28. The SMILES string of the molecule is CCc1ccc(C2=CCc3c(ccc(F)c3F)C2)c(F)c1. The van der Waals surface area contributed by atoms with Crippen LogP contribution in [0.3, 0.4) is 0 Å². The van der Waals surface area contributed by atoms with Crippen molar-refractivity contribution in [3.8, 4) is 0 Å². The van der Waals surface area contributed by atoms with E-state index in [4.69, 9.17) is 0 Å². The first-order chi connectivity index (χ1) is 10.1. The van der Waals surface area contributed by atoms with Crippen LogP contribution in [0, 0.1) is 17.5 Å². The largest absolute Gasteiger partial charge is 0.206 e. The van der Waals surface area contributed by atoms with Crippen molar-refractivity contribution < 1.29 is 13.2 Å². The lowest BCUT2D eigenvalue weighted by atomic mass is 9.87. The predicted molar refractivity (Wildman–Crippen MR) is 77.5 cm³/mol. The average Bonchev–Trinajstić information content (AvgIpc) is 2.50. The molecule has 108 valence electrons. The normalized spacial score (nSPS) is 13.8. The van der Waals surface area contributed by atoms with Gasteiger partial charge in [0.25, 0.3) is 0 Å². The maximum atomic E-state index is 14.2. The van der Waals surface area contributed by atoms with E-state index in [-0.39, 0.29) is 5.82 Å². The zero-order chi connectivity index (χ0) is 15.0. The highest BCUT2D eigenvalue weighted by Crippen LogP contribution is 2.31. The van der Waals surface area contributed by atoms with Gasteiger partial charge < -0.3 is 0 Å². The first-order valence-electron chi connectivity index (χ1n) is 7.03. The van der Waals surface area contributed by atoms with Crippen molar-refractivity contribution in [1.82, 2.24) is 0 Å². The summed E-state index contributed by atoms with van der Waals surface area (Å²) in [6.07, 6.45) is 3.29. The van der Waals surface area contributed by atoms with Gasteiger partial charge in [-0.3, -0.25) is 0 Å². The third kappa shape index (κ3) is 2.48. The molecule has 0 saturated carbocycles. The molecule has 0 aliphatic heterocycles. The van der Waals surface area contributed by atoms with E-state index in [1.165, 1.54) is 6.07 Å². The van der Waals surface area contributed by atoms with Crippen LogP contribution in [0.2, 0.25) is 0 Å². The highest BCUT2D eigenvalue weighted by Gasteiger charge is 2.19. The van der Waals surface area contributed by atoms with Gasteiger partial charge in [-0.15, -0.1) is 0 Å². The molecule has 0 saturated heterocycles. The first-order valence-corrected chi connectivity index (χ1v) is 7.03. The smallest absolute Gasteiger partial charge is 0.162 e. The van der Waals surface area contributed by atoms with Crippen LogP contribution in [0.15, 0.2) is 36.4 Å². The minimum Gasteiger partial charge on any atom is -0.206 e. The van der Waals surface area contributed by atoms with Crippen LogP contribution in [0.4, 0.5) is 13.2 Å². The fraction of sp³-hybridized carbons (Fsp3) is 0.222. The molecule has 0 N–H and O–H groups in total. The van der Waals surface area contributed by atoms with Crippen molar-refractivity contribution in [3.63, 3.8) is 0 Å². The number of fused-ring (bicyclic) bond motifs is 1. The molecular formula is C18H15F3. The highest BCUT2D eigenvalue weighted by atomic mass is 19.2. The monoisotopic (exact) mass is 288 g/mol. The molecule has 0 nitrogen and oxygen atoms in total. The molecule has 2 aromatic rings. The Morgan fingerprint density at radius 1 is 1.00 bits per heavy atom. The van der Waals surface area contributed by atoms with E-state index >= 15 is 0 Å². The minimum atomic E-state index is -0.830. The van der Waals surface area contributed by atoms with E-state index in [1.54, 1.807) is 18.2 Å². The van der Waals surface area contributed by atoms with Crippen LogP contribution >= 0.6 is 0 Å². The number of allylic oxidation sites excluding steroid dienone is 2. The third-order valence-corrected chi connectivity index (χ3v) is 4.01. The standard InChI is InChI=1S/C18H15F3/c1-2-11-3-6-14(17(20)9-11)12-4-7-15-13(10-12)5-8-16(19)18(15)21/h3-6,8-9H,2,7,10H2,1H3. The van der Waals surface area contributed by atoms with Gasteiger partial charge in [-0.2, -0.15) is 0 Å². The first kappa shape index (κ1) is 13.9. The predicted octanol–water partition coefficient (Wildman–Crippen LogP) is 4.85. The third-order valence-electron chi connectivity index (χ3n) is 4.01. The van der Waals surface area contributed by atoms with Gasteiger partial charge in [0, 0.05) is 5.56 Å². The Balaban J connectivity index is 1.97. The lowest BCUT2D eigenvalue weighted by Gasteiger charge is -2.19. The average molecular weight is 288 g/mol. The lowest BCUT2D eigenvalue weighted by Crippen LogP contribution is -2.07. The van der Waals surface area contributed by atoms with Gasteiger partial charge in [0.15, 0.2) is 11.6 Å². The summed E-state index contributed by atoms with van der Waals surface area (Å²) in [5, 5.41) is 0. The van der Waals surface area contributed by atoms with Gasteiger partial charge >= 0.3 is 0 Å². The van der Waals surface area contributed by atoms with Gasteiger partial charge in [0.2, 0.25) is 0 Å². The summed E-state index contributed by atoms with van der Waals surface area (Å²) in [6.45, 7) is 1.97. The molecule has 3 rings (SSSR count). The fourth-order valence-electron chi connectivity index (χ4n) is 2.77. The van der Waals surface area contributed by atoms with Crippen molar-refractivity contribution in [2.45, 2.75) is 26.2 Å². The van der Waals surface area contributed by atoms with Crippen LogP contribution in [0.5, 0.6) is 0 Å². The van der Waals surface area contributed by atoms with Crippen molar-refractivity contribution >= 4 is 5.57 Å².